The third kappa shape index (κ3) is 5.22. The molecule has 0 unspecified atom stereocenters. The van der Waals surface area contributed by atoms with E-state index in [1.807, 2.05) is 6.07 Å². The van der Waals surface area contributed by atoms with Crippen molar-refractivity contribution < 1.29 is 4.42 Å². The Bertz CT molecular complexity index is 3520. The van der Waals surface area contributed by atoms with E-state index in [1.54, 1.807) is 0 Å². The zero-order chi connectivity index (χ0) is 38.9. The van der Waals surface area contributed by atoms with Crippen molar-refractivity contribution in [2.75, 3.05) is 4.90 Å². The van der Waals surface area contributed by atoms with Gasteiger partial charge in [0.15, 0.2) is 0 Å². The van der Waals surface area contributed by atoms with Gasteiger partial charge >= 0.3 is 0 Å². The molecule has 2 heterocycles. The summed E-state index contributed by atoms with van der Waals surface area (Å²) >= 11 is 0. The van der Waals surface area contributed by atoms with Gasteiger partial charge in [-0.05, 0) is 99.4 Å². The lowest BCUT2D eigenvalue weighted by Gasteiger charge is -2.30. The third-order valence-corrected chi connectivity index (χ3v) is 12.0. The fourth-order valence-electron chi connectivity index (χ4n) is 9.43. The van der Waals surface area contributed by atoms with Crippen LogP contribution in [0, 0.1) is 0 Å². The van der Waals surface area contributed by atoms with Crippen molar-refractivity contribution >= 4 is 82.4 Å². The molecule has 0 saturated carbocycles. The van der Waals surface area contributed by atoms with E-state index in [-0.39, 0.29) is 0 Å². The van der Waals surface area contributed by atoms with E-state index in [0.717, 1.165) is 61.4 Å². The summed E-state index contributed by atoms with van der Waals surface area (Å²) in [6, 6.07) is 78.8. The van der Waals surface area contributed by atoms with Crippen LogP contribution in [-0.2, 0) is 0 Å². The van der Waals surface area contributed by atoms with Crippen molar-refractivity contribution in [3.05, 3.63) is 218 Å². The number of aromatic nitrogens is 1. The topological polar surface area (TPSA) is 21.3 Å². The molecule has 276 valence electrons. The van der Waals surface area contributed by atoms with Crippen LogP contribution < -0.4 is 4.90 Å². The number of para-hydroxylation sites is 5. The second-order valence-electron chi connectivity index (χ2n) is 15.2. The molecule has 0 aliphatic heterocycles. The van der Waals surface area contributed by atoms with E-state index in [4.69, 9.17) is 4.42 Å². The second-order valence-corrected chi connectivity index (χ2v) is 15.2. The molecule has 12 rings (SSSR count). The molecule has 0 N–H and O–H groups in total. The molecular formula is C56H36N2O. The SMILES string of the molecule is c1ccc(N(c2ccc(-n3c4ccccc4c4ccccc43)cc2)c2ccccc2-c2cccc3oc4ccccc4c23)c(-c2cc3ccccc3c3ccccc23)c1. The molecule has 10 aromatic carbocycles. The fraction of sp³-hybridized carbons (Fsp3) is 0. The fourth-order valence-corrected chi connectivity index (χ4v) is 9.43. The molecule has 0 amide bonds. The Morgan fingerprint density at radius 3 is 1.56 bits per heavy atom. The lowest BCUT2D eigenvalue weighted by atomic mass is 9.91. The first-order valence-electron chi connectivity index (χ1n) is 20.2. The molecule has 3 nitrogen and oxygen atoms in total. The number of hydrogen-bond donors (Lipinski definition) is 0. The average Bonchev–Trinajstić information content (AvgIpc) is 3.86. The molecule has 0 spiro atoms. The number of hydrogen-bond acceptors (Lipinski definition) is 2. The molecule has 12 aromatic rings. The summed E-state index contributed by atoms with van der Waals surface area (Å²) in [7, 11) is 0. The van der Waals surface area contributed by atoms with Crippen LogP contribution in [0.1, 0.15) is 0 Å². The van der Waals surface area contributed by atoms with E-state index in [2.05, 4.69) is 222 Å². The highest BCUT2D eigenvalue weighted by atomic mass is 16.3. The van der Waals surface area contributed by atoms with Crippen LogP contribution in [0.4, 0.5) is 17.1 Å². The summed E-state index contributed by atoms with van der Waals surface area (Å²) in [6.07, 6.45) is 0. The average molecular weight is 753 g/mol. The largest absolute Gasteiger partial charge is 0.456 e. The van der Waals surface area contributed by atoms with Crippen LogP contribution >= 0.6 is 0 Å². The summed E-state index contributed by atoms with van der Waals surface area (Å²) in [6.45, 7) is 0. The zero-order valence-corrected chi connectivity index (χ0v) is 32.1. The van der Waals surface area contributed by atoms with E-state index in [1.165, 1.54) is 48.9 Å². The van der Waals surface area contributed by atoms with Gasteiger partial charge in [-0.25, -0.2) is 0 Å². The van der Waals surface area contributed by atoms with Crippen molar-refractivity contribution in [1.82, 2.24) is 4.57 Å². The van der Waals surface area contributed by atoms with Crippen LogP contribution in [0.15, 0.2) is 223 Å². The van der Waals surface area contributed by atoms with E-state index >= 15 is 0 Å². The molecular weight excluding hydrogens is 717 g/mol. The van der Waals surface area contributed by atoms with Crippen LogP contribution in [0.25, 0.3) is 93.2 Å². The number of anilines is 3. The van der Waals surface area contributed by atoms with Crippen LogP contribution in [-0.4, -0.2) is 4.57 Å². The van der Waals surface area contributed by atoms with Crippen molar-refractivity contribution in [3.8, 4) is 27.9 Å². The summed E-state index contributed by atoms with van der Waals surface area (Å²) in [5, 5.41) is 9.67. The zero-order valence-electron chi connectivity index (χ0n) is 32.1. The number of fused-ring (bicyclic) bond motifs is 9. The Morgan fingerprint density at radius 1 is 0.339 bits per heavy atom. The van der Waals surface area contributed by atoms with Gasteiger partial charge in [0.1, 0.15) is 11.2 Å². The van der Waals surface area contributed by atoms with Gasteiger partial charge in [0.05, 0.1) is 22.4 Å². The second kappa shape index (κ2) is 13.4. The van der Waals surface area contributed by atoms with Crippen LogP contribution in [0.2, 0.25) is 0 Å². The van der Waals surface area contributed by atoms with Crippen molar-refractivity contribution in [1.29, 1.82) is 0 Å². The van der Waals surface area contributed by atoms with E-state index in [0.29, 0.717) is 0 Å². The maximum atomic E-state index is 6.43. The highest BCUT2D eigenvalue weighted by Gasteiger charge is 2.24. The summed E-state index contributed by atoms with van der Waals surface area (Å²) in [5.41, 5.74) is 13.1. The lowest BCUT2D eigenvalue weighted by molar-refractivity contribution is 0.669. The molecule has 0 saturated heterocycles. The minimum Gasteiger partial charge on any atom is -0.456 e. The van der Waals surface area contributed by atoms with E-state index in [9.17, 15) is 0 Å². The van der Waals surface area contributed by atoms with Gasteiger partial charge < -0.3 is 13.9 Å². The summed E-state index contributed by atoms with van der Waals surface area (Å²) in [4.78, 5) is 2.45. The molecule has 3 heteroatoms. The first kappa shape index (κ1) is 33.3. The summed E-state index contributed by atoms with van der Waals surface area (Å²) in [5.74, 6) is 0. The van der Waals surface area contributed by atoms with Gasteiger partial charge in [0, 0.05) is 44.0 Å². The maximum absolute atomic E-state index is 6.43. The van der Waals surface area contributed by atoms with Crippen LogP contribution in [0.3, 0.4) is 0 Å². The third-order valence-electron chi connectivity index (χ3n) is 12.0. The Morgan fingerprint density at radius 2 is 0.847 bits per heavy atom. The van der Waals surface area contributed by atoms with Gasteiger partial charge in [-0.15, -0.1) is 0 Å². The Balaban J connectivity index is 1.12. The van der Waals surface area contributed by atoms with E-state index < -0.39 is 0 Å². The van der Waals surface area contributed by atoms with Crippen molar-refractivity contribution in [2.45, 2.75) is 0 Å². The summed E-state index contributed by atoms with van der Waals surface area (Å²) < 4.78 is 8.81. The predicted octanol–water partition coefficient (Wildman–Crippen LogP) is 15.8. The molecule has 0 aliphatic carbocycles. The smallest absolute Gasteiger partial charge is 0.136 e. The van der Waals surface area contributed by atoms with Gasteiger partial charge in [0.2, 0.25) is 0 Å². The highest BCUT2D eigenvalue weighted by molar-refractivity contribution is 6.16. The molecule has 0 aliphatic rings. The Hall–Kier alpha value is -7.88. The number of nitrogens with zero attached hydrogens (tertiary/aromatic N) is 2. The first-order chi connectivity index (χ1) is 29.3. The number of furan rings is 1. The van der Waals surface area contributed by atoms with Crippen LogP contribution in [0.5, 0.6) is 0 Å². The van der Waals surface area contributed by atoms with Gasteiger partial charge in [-0.1, -0.05) is 152 Å². The number of benzene rings is 10. The standard InChI is InChI=1S/C56H36N2O/c1-2-17-40-37(16-1)36-49(42-19-4-3-18-41(40)42)46-23-8-13-29-53(46)58(39-34-32-38(33-35-39)57-50-26-10-5-20-43(50)44-21-6-11-27-51(44)57)52-28-12-7-22-45(52)47-25-15-31-55-56(47)48-24-9-14-30-54(48)59-55/h1-36H. The molecule has 59 heavy (non-hydrogen) atoms. The molecule has 0 atom stereocenters. The predicted molar refractivity (Wildman–Crippen MR) is 249 cm³/mol. The maximum Gasteiger partial charge on any atom is 0.136 e. The van der Waals surface area contributed by atoms with Gasteiger partial charge in [-0.3, -0.25) is 0 Å². The molecule has 0 bridgehead atoms. The van der Waals surface area contributed by atoms with Gasteiger partial charge in [-0.2, -0.15) is 0 Å². The Kier molecular flexibility index (Phi) is 7.54. The normalized spacial score (nSPS) is 11.7. The molecule has 0 radical (unpaired) electrons. The monoisotopic (exact) mass is 752 g/mol. The van der Waals surface area contributed by atoms with Crippen molar-refractivity contribution in [3.63, 3.8) is 0 Å². The first-order valence-corrected chi connectivity index (χ1v) is 20.2. The minimum atomic E-state index is 0.878. The van der Waals surface area contributed by atoms with Crippen molar-refractivity contribution in [2.24, 2.45) is 0 Å². The Labute approximate surface area is 341 Å². The van der Waals surface area contributed by atoms with Gasteiger partial charge in [0.25, 0.3) is 0 Å². The quantitative estimate of drug-likeness (QED) is 0.158. The number of rotatable bonds is 6. The molecule has 2 aromatic heterocycles. The lowest BCUT2D eigenvalue weighted by Crippen LogP contribution is -2.12. The highest BCUT2D eigenvalue weighted by Crippen LogP contribution is 2.48. The molecule has 0 fully saturated rings. The minimum absolute atomic E-state index is 0.878.